The highest BCUT2D eigenvalue weighted by Gasteiger charge is 2.25. The van der Waals surface area contributed by atoms with Gasteiger partial charge in [0.2, 0.25) is 22.8 Å². The van der Waals surface area contributed by atoms with Crippen molar-refractivity contribution in [1.29, 1.82) is 0 Å². The summed E-state index contributed by atoms with van der Waals surface area (Å²) in [4.78, 5) is 20.5. The summed E-state index contributed by atoms with van der Waals surface area (Å²) in [6.07, 6.45) is 1.62. The number of aryl methyl sites for hydroxylation is 1. The van der Waals surface area contributed by atoms with Gasteiger partial charge < -0.3 is 4.42 Å². The molecule has 0 saturated heterocycles. The summed E-state index contributed by atoms with van der Waals surface area (Å²) in [5, 5.41) is -0.233. The van der Waals surface area contributed by atoms with E-state index in [0.29, 0.717) is 11.9 Å². The first-order chi connectivity index (χ1) is 12.9. The number of carbonyl (C=O) groups is 1. The molecular weight excluding hydrogens is 404 g/mol. The van der Waals surface area contributed by atoms with Crippen molar-refractivity contribution in [2.75, 3.05) is 6.54 Å². The molecule has 0 amide bonds. The highest BCUT2D eigenvalue weighted by molar-refractivity contribution is 7.77. The van der Waals surface area contributed by atoms with Gasteiger partial charge in [-0.05, 0) is 36.6 Å². The Morgan fingerprint density at radius 3 is 2.89 bits per heavy atom. The van der Waals surface area contributed by atoms with Gasteiger partial charge in [-0.1, -0.05) is 11.6 Å². The molecule has 27 heavy (non-hydrogen) atoms. The number of halogens is 3. The third-order valence-electron chi connectivity index (χ3n) is 3.74. The Hall–Kier alpha value is -2.27. The first-order valence-corrected chi connectivity index (χ1v) is 9.12. The van der Waals surface area contributed by atoms with Crippen LogP contribution >= 0.6 is 11.6 Å². The van der Waals surface area contributed by atoms with Crippen LogP contribution in [0.2, 0.25) is 5.02 Å². The molecule has 0 aliphatic heterocycles. The van der Waals surface area contributed by atoms with Gasteiger partial charge in [0.1, 0.15) is 11.2 Å². The van der Waals surface area contributed by atoms with E-state index in [1.54, 1.807) is 0 Å². The van der Waals surface area contributed by atoms with Gasteiger partial charge in [-0.2, -0.15) is 0 Å². The quantitative estimate of drug-likeness (QED) is 0.266. The lowest BCUT2D eigenvalue weighted by Gasteiger charge is -2.11. The van der Waals surface area contributed by atoms with Crippen molar-refractivity contribution in [3.63, 3.8) is 0 Å². The lowest BCUT2D eigenvalue weighted by atomic mass is 10.0. The number of ketones is 1. The van der Waals surface area contributed by atoms with Crippen molar-refractivity contribution < 1.29 is 26.8 Å². The molecule has 0 aliphatic rings. The molecule has 2 heterocycles. The largest absolute Gasteiger partial charge is 0.425 e. The lowest BCUT2D eigenvalue weighted by molar-refractivity contribution is 0.102. The minimum Gasteiger partial charge on any atom is -0.425 e. The highest BCUT2D eigenvalue weighted by atomic mass is 35.5. The second-order valence-corrected chi connectivity index (χ2v) is 6.63. The van der Waals surface area contributed by atoms with Gasteiger partial charge in [0.25, 0.3) is 0 Å². The van der Waals surface area contributed by atoms with Gasteiger partial charge in [0.15, 0.2) is 18.0 Å². The molecule has 1 unspecified atom stereocenters. The molecule has 2 aromatic heterocycles. The summed E-state index contributed by atoms with van der Waals surface area (Å²) in [6, 6.07) is 3.68. The topological polar surface area (TPSA) is 105 Å². The van der Waals surface area contributed by atoms with Crippen LogP contribution in [0.5, 0.6) is 0 Å². The molecule has 0 saturated carbocycles. The average molecular weight is 416 g/mol. The maximum Gasteiger partial charge on any atom is 0.247 e. The maximum atomic E-state index is 14.3. The fourth-order valence-electron chi connectivity index (χ4n) is 2.48. The van der Waals surface area contributed by atoms with Gasteiger partial charge >= 0.3 is 0 Å². The second kappa shape index (κ2) is 8.17. The number of aromatic nitrogens is 2. The van der Waals surface area contributed by atoms with E-state index in [1.165, 1.54) is 12.1 Å². The number of benzene rings is 1. The van der Waals surface area contributed by atoms with E-state index >= 15 is 0 Å². The fraction of sp³-hybridized carbons (Fsp3) is 0.188. The van der Waals surface area contributed by atoms with Crippen LogP contribution in [0.1, 0.15) is 28.0 Å². The second-order valence-electron chi connectivity index (χ2n) is 5.47. The van der Waals surface area contributed by atoms with E-state index in [1.807, 2.05) is 0 Å². The molecule has 1 aromatic carbocycles. The minimum absolute atomic E-state index is 0.0806. The normalized spacial score (nSPS) is 12.4. The van der Waals surface area contributed by atoms with E-state index in [9.17, 15) is 17.8 Å². The van der Waals surface area contributed by atoms with Crippen LogP contribution in [0, 0.1) is 11.6 Å². The zero-order valence-electron chi connectivity index (χ0n) is 13.5. The number of nitrogens with one attached hydrogen (secondary N) is 1. The van der Waals surface area contributed by atoms with Gasteiger partial charge in [-0.3, -0.25) is 9.35 Å². The molecule has 2 N–H and O–H groups in total. The van der Waals surface area contributed by atoms with Crippen LogP contribution in [0.4, 0.5) is 8.78 Å². The van der Waals surface area contributed by atoms with E-state index in [2.05, 4.69) is 14.7 Å². The van der Waals surface area contributed by atoms with Crippen LogP contribution in [0.15, 0.2) is 29.0 Å². The third-order valence-corrected chi connectivity index (χ3v) is 4.62. The Labute approximate surface area is 159 Å². The highest BCUT2D eigenvalue weighted by Crippen LogP contribution is 2.29. The zero-order valence-corrected chi connectivity index (χ0v) is 15.1. The molecular formula is C16H12ClF2N3O4S. The van der Waals surface area contributed by atoms with Crippen LogP contribution < -0.4 is 4.72 Å². The van der Waals surface area contributed by atoms with Crippen molar-refractivity contribution in [2.45, 2.75) is 12.8 Å². The number of hydrogen-bond donors (Lipinski definition) is 2. The molecule has 0 spiro atoms. The number of nitrogens with zero attached hydrogens (tertiary/aromatic N) is 2. The molecule has 142 valence electrons. The summed E-state index contributed by atoms with van der Waals surface area (Å²) >= 11 is 3.97. The molecule has 0 bridgehead atoms. The Morgan fingerprint density at radius 1 is 1.37 bits per heavy atom. The number of fused-ring (bicyclic) bond motifs is 1. The Bertz CT molecular complexity index is 1040. The molecule has 0 fully saturated rings. The number of oxazole rings is 1. The molecule has 11 heteroatoms. The van der Waals surface area contributed by atoms with E-state index < -0.39 is 34.2 Å². The van der Waals surface area contributed by atoms with E-state index in [4.69, 9.17) is 20.6 Å². The Kier molecular flexibility index (Phi) is 5.90. The molecule has 1 atom stereocenters. The van der Waals surface area contributed by atoms with E-state index in [0.717, 1.165) is 12.5 Å². The van der Waals surface area contributed by atoms with Gasteiger partial charge in [0.05, 0.1) is 10.6 Å². The maximum absolute atomic E-state index is 14.3. The van der Waals surface area contributed by atoms with Crippen molar-refractivity contribution in [1.82, 2.24) is 14.7 Å². The van der Waals surface area contributed by atoms with Gasteiger partial charge in [0, 0.05) is 6.54 Å². The van der Waals surface area contributed by atoms with Gasteiger partial charge in [-0.15, -0.1) is 0 Å². The SMILES string of the molecule is O=C(c1ccc2ncoc2n1)c1c(F)c(F)cc(CCCNS(=O)O)c1Cl. The molecule has 3 aromatic rings. The number of pyridine rings is 1. The number of rotatable bonds is 7. The molecule has 0 aliphatic carbocycles. The monoisotopic (exact) mass is 415 g/mol. The first kappa shape index (κ1) is 19.5. The first-order valence-electron chi connectivity index (χ1n) is 7.64. The van der Waals surface area contributed by atoms with Crippen LogP contribution in [0.25, 0.3) is 11.2 Å². The summed E-state index contributed by atoms with van der Waals surface area (Å²) < 4.78 is 54.8. The smallest absolute Gasteiger partial charge is 0.247 e. The van der Waals surface area contributed by atoms with Crippen molar-refractivity contribution in [3.8, 4) is 0 Å². The van der Waals surface area contributed by atoms with Gasteiger partial charge in [-0.25, -0.2) is 27.7 Å². The Balaban J connectivity index is 1.93. The minimum atomic E-state index is -2.18. The van der Waals surface area contributed by atoms with E-state index in [-0.39, 0.29) is 35.0 Å². The zero-order chi connectivity index (χ0) is 19.6. The predicted octanol–water partition coefficient (Wildman–Crippen LogP) is 3.04. The average Bonchev–Trinajstić information content (AvgIpc) is 3.10. The molecule has 7 nitrogen and oxygen atoms in total. The number of hydrogen-bond acceptors (Lipinski definition) is 5. The molecule has 3 rings (SSSR count). The van der Waals surface area contributed by atoms with Crippen LogP contribution in [-0.2, 0) is 17.7 Å². The summed E-state index contributed by atoms with van der Waals surface area (Å²) in [5.41, 5.74) is -0.111. The van der Waals surface area contributed by atoms with Crippen molar-refractivity contribution in [3.05, 3.63) is 58.1 Å². The summed E-state index contributed by atoms with van der Waals surface area (Å²) in [5.74, 6) is -3.49. The molecule has 0 radical (unpaired) electrons. The standard InChI is InChI=1S/C16H12ClF2N3O4S/c17-13-8(2-1-5-21-27(24)25)6-9(18)14(19)12(13)15(23)10-3-4-11-16(22-10)26-7-20-11/h3-4,6-7,21H,1-2,5H2,(H,24,25). The lowest BCUT2D eigenvalue weighted by Crippen LogP contribution is -2.18. The van der Waals surface area contributed by atoms with Crippen LogP contribution in [0.3, 0.4) is 0 Å². The summed E-state index contributed by atoms with van der Waals surface area (Å²) in [7, 11) is 0. The predicted molar refractivity (Wildman–Crippen MR) is 93.7 cm³/mol. The van der Waals surface area contributed by atoms with Crippen LogP contribution in [-0.4, -0.2) is 31.1 Å². The number of carbonyl (C=O) groups excluding carboxylic acids is 1. The summed E-state index contributed by atoms with van der Waals surface area (Å²) in [6.45, 7) is 0.144. The fourth-order valence-corrected chi connectivity index (χ4v) is 3.12. The third kappa shape index (κ3) is 4.19. The van der Waals surface area contributed by atoms with Crippen molar-refractivity contribution >= 4 is 39.9 Å². The van der Waals surface area contributed by atoms with Crippen molar-refractivity contribution in [2.24, 2.45) is 0 Å². The Morgan fingerprint density at radius 2 is 2.15 bits per heavy atom.